The Bertz CT molecular complexity index is 444. The normalized spacial score (nSPS) is 16.7. The maximum absolute atomic E-state index is 12.0. The first-order chi connectivity index (χ1) is 9.36. The molecule has 8 nitrogen and oxygen atoms in total. The number of hydrogen-bond acceptors (Lipinski definition) is 6. The molecule has 0 aromatic heterocycles. The van der Waals surface area contributed by atoms with Gasteiger partial charge in [-0.3, -0.25) is 9.59 Å². The topological polar surface area (TPSA) is 93.2 Å². The summed E-state index contributed by atoms with van der Waals surface area (Å²) in [7, 11) is -0.799. The standard InChI is InChI=1S/C11H20N2O6S/c1-12(9-11(15)18-2)10(14)3-8-20(16,17)13-4-6-19-7-5-13/h3-9H2,1-2H3. The maximum Gasteiger partial charge on any atom is 0.325 e. The number of methoxy groups -OCH3 is 1. The molecular formula is C11H20N2O6S. The predicted molar refractivity (Wildman–Crippen MR) is 70.4 cm³/mol. The SMILES string of the molecule is COC(=O)CN(C)C(=O)CCS(=O)(=O)N1CCOCC1. The number of morpholine rings is 1. The zero-order chi connectivity index (χ0) is 15.2. The fourth-order valence-electron chi connectivity index (χ4n) is 1.71. The van der Waals surface area contributed by atoms with Crippen molar-refractivity contribution < 1.29 is 27.5 Å². The van der Waals surface area contributed by atoms with Crippen molar-refractivity contribution in [3.05, 3.63) is 0 Å². The zero-order valence-electron chi connectivity index (χ0n) is 11.7. The van der Waals surface area contributed by atoms with Gasteiger partial charge in [0.15, 0.2) is 0 Å². The molecule has 0 unspecified atom stereocenters. The van der Waals surface area contributed by atoms with Gasteiger partial charge in [0.2, 0.25) is 15.9 Å². The van der Waals surface area contributed by atoms with Gasteiger partial charge in [0.05, 0.1) is 26.1 Å². The Hall–Kier alpha value is -1.19. The summed E-state index contributed by atoms with van der Waals surface area (Å²) in [5.74, 6) is -1.22. The summed E-state index contributed by atoms with van der Waals surface area (Å²) in [5.41, 5.74) is 0. The van der Waals surface area contributed by atoms with Crippen LogP contribution in [-0.2, 0) is 29.1 Å². The lowest BCUT2D eigenvalue weighted by Crippen LogP contribution is -2.42. The Balaban J connectivity index is 2.44. The number of carbonyl (C=O) groups excluding carboxylic acids is 2. The molecule has 1 heterocycles. The second-order valence-electron chi connectivity index (χ2n) is 4.40. The monoisotopic (exact) mass is 308 g/mol. The van der Waals surface area contributed by atoms with Crippen LogP contribution >= 0.6 is 0 Å². The molecule has 9 heteroatoms. The summed E-state index contributed by atoms with van der Waals surface area (Å²) in [6.45, 7) is 1.18. The molecule has 0 aromatic rings. The molecule has 0 aromatic carbocycles. The molecule has 1 fully saturated rings. The number of amides is 1. The Kier molecular flexibility index (Phi) is 6.37. The van der Waals surface area contributed by atoms with Crippen LogP contribution in [-0.4, -0.2) is 82.3 Å². The van der Waals surface area contributed by atoms with Crippen molar-refractivity contribution in [3.63, 3.8) is 0 Å². The fourth-order valence-corrected chi connectivity index (χ4v) is 3.10. The summed E-state index contributed by atoms with van der Waals surface area (Å²) < 4.78 is 34.8. The van der Waals surface area contributed by atoms with Crippen molar-refractivity contribution in [1.82, 2.24) is 9.21 Å². The fraction of sp³-hybridized carbons (Fsp3) is 0.818. The molecule has 0 saturated carbocycles. The van der Waals surface area contributed by atoms with Gasteiger partial charge in [0.25, 0.3) is 0 Å². The number of carbonyl (C=O) groups is 2. The summed E-state index contributed by atoms with van der Waals surface area (Å²) in [4.78, 5) is 23.9. The van der Waals surface area contributed by atoms with Crippen molar-refractivity contribution in [2.24, 2.45) is 0 Å². The van der Waals surface area contributed by atoms with E-state index in [4.69, 9.17) is 4.74 Å². The molecule has 0 aliphatic carbocycles. The third-order valence-corrected chi connectivity index (χ3v) is 4.83. The second kappa shape index (κ2) is 7.55. The van der Waals surface area contributed by atoms with Crippen molar-refractivity contribution in [1.29, 1.82) is 0 Å². The lowest BCUT2D eigenvalue weighted by atomic mass is 10.4. The van der Waals surface area contributed by atoms with Gasteiger partial charge < -0.3 is 14.4 Å². The third kappa shape index (κ3) is 5.06. The van der Waals surface area contributed by atoms with E-state index in [1.165, 1.54) is 18.5 Å². The average molecular weight is 308 g/mol. The van der Waals surface area contributed by atoms with Crippen LogP contribution in [0.5, 0.6) is 0 Å². The van der Waals surface area contributed by atoms with Crippen LogP contribution in [0.2, 0.25) is 0 Å². The highest BCUT2D eigenvalue weighted by molar-refractivity contribution is 7.89. The van der Waals surface area contributed by atoms with Crippen LogP contribution in [0.15, 0.2) is 0 Å². The predicted octanol–water partition coefficient (Wildman–Crippen LogP) is -1.33. The molecule has 0 bridgehead atoms. The number of rotatable bonds is 6. The lowest BCUT2D eigenvalue weighted by molar-refractivity contribution is -0.146. The minimum absolute atomic E-state index is 0.160. The van der Waals surface area contributed by atoms with Crippen molar-refractivity contribution >= 4 is 21.9 Å². The highest BCUT2D eigenvalue weighted by Gasteiger charge is 2.25. The van der Waals surface area contributed by atoms with Gasteiger partial charge in [-0.25, -0.2) is 8.42 Å². The van der Waals surface area contributed by atoms with Gasteiger partial charge >= 0.3 is 5.97 Å². The van der Waals surface area contributed by atoms with Gasteiger partial charge in [-0.1, -0.05) is 0 Å². The zero-order valence-corrected chi connectivity index (χ0v) is 12.5. The highest BCUT2D eigenvalue weighted by atomic mass is 32.2. The van der Waals surface area contributed by atoms with E-state index in [0.717, 1.165) is 4.90 Å². The van der Waals surface area contributed by atoms with Crippen molar-refractivity contribution in [2.45, 2.75) is 6.42 Å². The van der Waals surface area contributed by atoms with Crippen LogP contribution in [0, 0.1) is 0 Å². The summed E-state index contributed by atoms with van der Waals surface area (Å²) in [6, 6.07) is 0. The van der Waals surface area contributed by atoms with Crippen LogP contribution in [0.4, 0.5) is 0 Å². The minimum atomic E-state index is -3.46. The van der Waals surface area contributed by atoms with E-state index >= 15 is 0 Å². The highest BCUT2D eigenvalue weighted by Crippen LogP contribution is 2.07. The van der Waals surface area contributed by atoms with E-state index in [-0.39, 0.29) is 18.7 Å². The van der Waals surface area contributed by atoms with E-state index < -0.39 is 21.9 Å². The van der Waals surface area contributed by atoms with Gasteiger partial charge in [0.1, 0.15) is 6.54 Å². The Morgan fingerprint density at radius 1 is 1.30 bits per heavy atom. The molecule has 1 rings (SSSR count). The quantitative estimate of drug-likeness (QED) is 0.564. The van der Waals surface area contributed by atoms with Crippen LogP contribution in [0.3, 0.4) is 0 Å². The summed E-state index contributed by atoms with van der Waals surface area (Å²) >= 11 is 0. The van der Waals surface area contributed by atoms with Crippen LogP contribution in [0.25, 0.3) is 0 Å². The van der Waals surface area contributed by atoms with E-state index in [1.807, 2.05) is 0 Å². The molecular weight excluding hydrogens is 288 g/mol. The number of sulfonamides is 1. The average Bonchev–Trinajstić information content (AvgIpc) is 2.45. The van der Waals surface area contributed by atoms with Crippen molar-refractivity contribution in [2.75, 3.05) is 52.8 Å². The molecule has 1 amide bonds. The molecule has 0 radical (unpaired) electrons. The smallest absolute Gasteiger partial charge is 0.325 e. The first-order valence-electron chi connectivity index (χ1n) is 6.23. The molecule has 20 heavy (non-hydrogen) atoms. The Morgan fingerprint density at radius 2 is 1.90 bits per heavy atom. The van der Waals surface area contributed by atoms with Crippen molar-refractivity contribution in [3.8, 4) is 0 Å². The molecule has 1 aliphatic rings. The maximum atomic E-state index is 12.0. The van der Waals surface area contributed by atoms with E-state index in [0.29, 0.717) is 26.3 Å². The summed E-state index contributed by atoms with van der Waals surface area (Å²) in [5, 5.41) is 0. The van der Waals surface area contributed by atoms with E-state index in [2.05, 4.69) is 4.74 Å². The minimum Gasteiger partial charge on any atom is -0.468 e. The first-order valence-corrected chi connectivity index (χ1v) is 7.84. The van der Waals surface area contributed by atoms with Gasteiger partial charge in [0, 0.05) is 26.6 Å². The number of hydrogen-bond donors (Lipinski definition) is 0. The van der Waals surface area contributed by atoms with E-state index in [9.17, 15) is 18.0 Å². The van der Waals surface area contributed by atoms with Crippen LogP contribution < -0.4 is 0 Å². The van der Waals surface area contributed by atoms with Crippen LogP contribution in [0.1, 0.15) is 6.42 Å². The van der Waals surface area contributed by atoms with E-state index in [1.54, 1.807) is 0 Å². The lowest BCUT2D eigenvalue weighted by Gasteiger charge is -2.26. The third-order valence-electron chi connectivity index (χ3n) is 2.96. The number of esters is 1. The van der Waals surface area contributed by atoms with Gasteiger partial charge in [-0.2, -0.15) is 4.31 Å². The first kappa shape index (κ1) is 16.9. The number of likely N-dealkylation sites (N-methyl/N-ethyl adjacent to an activating group) is 1. The molecule has 1 saturated heterocycles. The Morgan fingerprint density at radius 3 is 2.45 bits per heavy atom. The molecule has 1 aliphatic heterocycles. The number of nitrogens with zero attached hydrogens (tertiary/aromatic N) is 2. The summed E-state index contributed by atoms with van der Waals surface area (Å²) in [6.07, 6.45) is -0.160. The molecule has 0 N–H and O–H groups in total. The molecule has 116 valence electrons. The molecule has 0 spiro atoms. The second-order valence-corrected chi connectivity index (χ2v) is 6.49. The number of ether oxygens (including phenoxy) is 2. The van der Waals surface area contributed by atoms with Gasteiger partial charge in [-0.15, -0.1) is 0 Å². The largest absolute Gasteiger partial charge is 0.468 e. The van der Waals surface area contributed by atoms with Gasteiger partial charge in [-0.05, 0) is 0 Å². The Labute approximate surface area is 118 Å². The molecule has 0 atom stereocenters.